The standard InChI is InChI=1S/C32H47FNO5P/c1-9-10-11-12-26-15-18-28(29(33)21-26)27-16-13-25(14-17-27)19-20-32(22-36-24(2)34-32)23-37-40(35,38-30(3,4)5)39-31(6,7)8/h13-18,21H,9-12,19-20,22-23H2,1-8H3. The van der Waals surface area contributed by atoms with Crippen molar-refractivity contribution in [1.82, 2.24) is 0 Å². The summed E-state index contributed by atoms with van der Waals surface area (Å²) in [5, 5.41) is 0. The summed E-state index contributed by atoms with van der Waals surface area (Å²) in [6.07, 6.45) is 5.59. The minimum Gasteiger partial charge on any atom is -0.479 e. The van der Waals surface area contributed by atoms with E-state index in [0.29, 0.717) is 30.9 Å². The van der Waals surface area contributed by atoms with Crippen molar-refractivity contribution in [3.8, 4) is 11.1 Å². The lowest BCUT2D eigenvalue weighted by molar-refractivity contribution is -0.00465. The molecule has 1 heterocycles. The summed E-state index contributed by atoms with van der Waals surface area (Å²) in [7, 11) is -3.89. The smallest absolute Gasteiger partial charge is 0.475 e. The predicted octanol–water partition coefficient (Wildman–Crippen LogP) is 9.10. The highest BCUT2D eigenvalue weighted by molar-refractivity contribution is 7.48. The largest absolute Gasteiger partial charge is 0.479 e. The van der Waals surface area contributed by atoms with E-state index < -0.39 is 24.6 Å². The fourth-order valence-corrected chi connectivity index (χ4v) is 6.49. The van der Waals surface area contributed by atoms with E-state index in [9.17, 15) is 8.96 Å². The van der Waals surface area contributed by atoms with Gasteiger partial charge in [0.05, 0.1) is 17.8 Å². The number of aliphatic imine (C=N–C) groups is 1. The maximum atomic E-state index is 14.9. The molecule has 1 aliphatic heterocycles. The Bertz CT molecular complexity index is 1180. The van der Waals surface area contributed by atoms with Gasteiger partial charge in [0.15, 0.2) is 5.90 Å². The zero-order valence-electron chi connectivity index (χ0n) is 25.5. The first kappa shape index (κ1) is 32.5. The monoisotopic (exact) mass is 575 g/mol. The van der Waals surface area contributed by atoms with Crippen LogP contribution in [-0.4, -0.2) is 35.9 Å². The number of unbranched alkanes of at least 4 members (excludes halogenated alkanes) is 2. The highest BCUT2D eigenvalue weighted by atomic mass is 31.2. The van der Waals surface area contributed by atoms with Gasteiger partial charge in [0.2, 0.25) is 0 Å². The molecule has 1 aliphatic rings. The Morgan fingerprint density at radius 3 is 2.10 bits per heavy atom. The number of phosphoric acid groups is 1. The lowest BCUT2D eigenvalue weighted by Gasteiger charge is -2.33. The molecule has 8 heteroatoms. The van der Waals surface area contributed by atoms with Crippen LogP contribution in [0.15, 0.2) is 47.5 Å². The molecular weight excluding hydrogens is 528 g/mol. The fraction of sp³-hybridized carbons (Fsp3) is 0.594. The van der Waals surface area contributed by atoms with E-state index in [-0.39, 0.29) is 12.4 Å². The maximum Gasteiger partial charge on any atom is 0.475 e. The average molecular weight is 576 g/mol. The van der Waals surface area contributed by atoms with Gasteiger partial charge in [0.1, 0.15) is 18.0 Å². The molecule has 2 aromatic carbocycles. The minimum atomic E-state index is -3.89. The van der Waals surface area contributed by atoms with Crippen LogP contribution in [0.25, 0.3) is 11.1 Å². The summed E-state index contributed by atoms with van der Waals surface area (Å²) in [5.74, 6) is 0.376. The first-order chi connectivity index (χ1) is 18.6. The van der Waals surface area contributed by atoms with E-state index in [1.165, 1.54) is 0 Å². The molecule has 0 radical (unpaired) electrons. The number of hydrogen-bond donors (Lipinski definition) is 0. The molecule has 1 atom stereocenters. The summed E-state index contributed by atoms with van der Waals surface area (Å²) in [6.45, 7) is 15.2. The second-order valence-corrected chi connectivity index (χ2v) is 14.3. The molecule has 1 unspecified atom stereocenters. The van der Waals surface area contributed by atoms with Gasteiger partial charge in [-0.15, -0.1) is 0 Å². The Hall–Kier alpha value is -2.05. The van der Waals surface area contributed by atoms with Gasteiger partial charge in [-0.1, -0.05) is 56.2 Å². The Morgan fingerprint density at radius 2 is 1.57 bits per heavy atom. The predicted molar refractivity (Wildman–Crippen MR) is 160 cm³/mol. The number of benzene rings is 2. The minimum absolute atomic E-state index is 0.0294. The van der Waals surface area contributed by atoms with E-state index in [2.05, 4.69) is 6.92 Å². The lowest BCUT2D eigenvalue weighted by Crippen LogP contribution is -2.36. The highest BCUT2D eigenvalue weighted by Gasteiger charge is 2.43. The molecule has 0 spiro atoms. The molecule has 0 amide bonds. The summed E-state index contributed by atoms with van der Waals surface area (Å²) < 4.78 is 51.7. The topological polar surface area (TPSA) is 66.4 Å². The van der Waals surface area contributed by atoms with E-state index in [4.69, 9.17) is 23.3 Å². The number of hydrogen-bond acceptors (Lipinski definition) is 6. The number of rotatable bonds is 13. The summed E-state index contributed by atoms with van der Waals surface area (Å²) in [4.78, 5) is 4.73. The van der Waals surface area contributed by atoms with Crippen LogP contribution in [0.3, 0.4) is 0 Å². The first-order valence-corrected chi connectivity index (χ1v) is 15.8. The van der Waals surface area contributed by atoms with Crippen molar-refractivity contribution in [2.24, 2.45) is 4.99 Å². The van der Waals surface area contributed by atoms with Crippen molar-refractivity contribution in [2.75, 3.05) is 13.2 Å². The molecule has 6 nitrogen and oxygen atoms in total. The first-order valence-electron chi connectivity index (χ1n) is 14.3. The summed E-state index contributed by atoms with van der Waals surface area (Å²) in [5.41, 5.74) is 1.40. The van der Waals surface area contributed by atoms with Gasteiger partial charge in [-0.2, -0.15) is 0 Å². The molecule has 2 aromatic rings. The Balaban J connectivity index is 1.69. The lowest BCUT2D eigenvalue weighted by atomic mass is 9.93. The van der Waals surface area contributed by atoms with Gasteiger partial charge in [-0.05, 0) is 90.0 Å². The van der Waals surface area contributed by atoms with Gasteiger partial charge >= 0.3 is 7.82 Å². The van der Waals surface area contributed by atoms with Gasteiger partial charge in [-0.25, -0.2) is 13.9 Å². The van der Waals surface area contributed by atoms with Crippen LogP contribution in [0.2, 0.25) is 0 Å². The van der Waals surface area contributed by atoms with Crippen molar-refractivity contribution in [3.05, 3.63) is 59.4 Å². The van der Waals surface area contributed by atoms with Crippen LogP contribution in [-0.2, 0) is 35.7 Å². The fourth-order valence-electron chi connectivity index (χ4n) is 4.61. The maximum absolute atomic E-state index is 14.9. The molecule has 0 aromatic heterocycles. The summed E-state index contributed by atoms with van der Waals surface area (Å²) in [6, 6.07) is 13.5. The van der Waals surface area contributed by atoms with Crippen LogP contribution in [0.5, 0.6) is 0 Å². The number of ether oxygens (including phenoxy) is 1. The molecule has 0 N–H and O–H groups in total. The Morgan fingerprint density at radius 1 is 0.950 bits per heavy atom. The normalized spacial score (nSPS) is 18.1. The summed E-state index contributed by atoms with van der Waals surface area (Å²) >= 11 is 0. The molecule has 0 saturated carbocycles. The quantitative estimate of drug-likeness (QED) is 0.176. The van der Waals surface area contributed by atoms with Crippen molar-refractivity contribution >= 4 is 13.7 Å². The third-order valence-electron chi connectivity index (χ3n) is 6.45. The van der Waals surface area contributed by atoms with Crippen LogP contribution in [0.1, 0.15) is 92.2 Å². The van der Waals surface area contributed by atoms with Gasteiger partial charge in [0.25, 0.3) is 0 Å². The van der Waals surface area contributed by atoms with E-state index in [1.807, 2.05) is 77.9 Å². The molecule has 0 fully saturated rings. The van der Waals surface area contributed by atoms with E-state index >= 15 is 0 Å². The van der Waals surface area contributed by atoms with Crippen molar-refractivity contribution in [2.45, 2.75) is 111 Å². The van der Waals surface area contributed by atoms with Crippen molar-refractivity contribution < 1.29 is 27.3 Å². The molecule has 222 valence electrons. The highest BCUT2D eigenvalue weighted by Crippen LogP contribution is 2.56. The second kappa shape index (κ2) is 13.3. The van der Waals surface area contributed by atoms with Gasteiger partial charge in [-0.3, -0.25) is 13.6 Å². The number of nitrogens with zero attached hydrogens (tertiary/aromatic N) is 1. The SMILES string of the molecule is CCCCCc1ccc(-c2ccc(CCC3(COP(=O)(OC(C)(C)C)OC(C)(C)C)COC(C)=N3)cc2)c(F)c1. The van der Waals surface area contributed by atoms with Crippen LogP contribution >= 0.6 is 7.82 Å². The zero-order valence-corrected chi connectivity index (χ0v) is 26.4. The van der Waals surface area contributed by atoms with Crippen molar-refractivity contribution in [3.63, 3.8) is 0 Å². The number of aryl methyl sites for hydroxylation is 2. The van der Waals surface area contributed by atoms with Crippen LogP contribution in [0, 0.1) is 5.82 Å². The van der Waals surface area contributed by atoms with E-state index in [1.54, 1.807) is 13.0 Å². The zero-order chi connectivity index (χ0) is 29.6. The van der Waals surface area contributed by atoms with Crippen LogP contribution < -0.4 is 0 Å². The molecule has 0 saturated heterocycles. The Kier molecular flexibility index (Phi) is 10.8. The van der Waals surface area contributed by atoms with Crippen molar-refractivity contribution in [1.29, 1.82) is 0 Å². The second-order valence-electron chi connectivity index (χ2n) is 12.7. The van der Waals surface area contributed by atoms with Gasteiger partial charge in [0, 0.05) is 12.5 Å². The number of halogens is 1. The third-order valence-corrected chi connectivity index (χ3v) is 8.44. The molecule has 0 aliphatic carbocycles. The third kappa shape index (κ3) is 10.1. The Labute approximate surface area is 240 Å². The molecular formula is C32H47FNO5P. The van der Waals surface area contributed by atoms with Crippen LogP contribution in [0.4, 0.5) is 4.39 Å². The molecule has 0 bridgehead atoms. The average Bonchev–Trinajstić information content (AvgIpc) is 3.21. The molecule has 3 rings (SSSR count). The molecule has 40 heavy (non-hydrogen) atoms. The number of phosphoric ester groups is 1. The van der Waals surface area contributed by atoms with Gasteiger partial charge < -0.3 is 4.74 Å². The van der Waals surface area contributed by atoms with E-state index in [0.717, 1.165) is 42.4 Å².